The van der Waals surface area contributed by atoms with Gasteiger partial charge in [-0.25, -0.2) is 9.59 Å². The molecule has 2 amide bonds. The zero-order chi connectivity index (χ0) is 15.8. The number of urea groups is 1. The van der Waals surface area contributed by atoms with E-state index < -0.39 is 29.8 Å². The second-order valence-corrected chi connectivity index (χ2v) is 4.46. The Morgan fingerprint density at radius 2 is 1.90 bits per heavy atom. The SMILES string of the molecule is CC1=C(C(=O)O)C(c2ccccc2C(F)(F)F)NC(=O)N1. The maximum Gasteiger partial charge on any atom is 0.416 e. The van der Waals surface area contributed by atoms with E-state index >= 15 is 0 Å². The van der Waals surface area contributed by atoms with E-state index in [1.54, 1.807) is 0 Å². The molecule has 0 fully saturated rings. The molecule has 8 heteroatoms. The highest BCUT2D eigenvalue weighted by molar-refractivity contribution is 5.93. The van der Waals surface area contributed by atoms with Crippen molar-refractivity contribution in [2.24, 2.45) is 0 Å². The van der Waals surface area contributed by atoms with Gasteiger partial charge >= 0.3 is 18.2 Å². The van der Waals surface area contributed by atoms with Crippen molar-refractivity contribution in [2.75, 3.05) is 0 Å². The summed E-state index contributed by atoms with van der Waals surface area (Å²) in [4.78, 5) is 22.7. The molecule has 1 aromatic carbocycles. The number of carbonyl (C=O) groups excluding carboxylic acids is 1. The van der Waals surface area contributed by atoms with Crippen LogP contribution in [0.1, 0.15) is 24.1 Å². The number of allylic oxidation sites excluding steroid dienone is 1. The molecule has 1 heterocycles. The number of amides is 2. The quantitative estimate of drug-likeness (QED) is 0.785. The number of carbonyl (C=O) groups is 2. The van der Waals surface area contributed by atoms with Crippen LogP contribution in [0.15, 0.2) is 35.5 Å². The standard InChI is InChI=1S/C13H11F3N2O3/c1-6-9(11(19)20)10(18-12(21)17-6)7-4-2-3-5-8(7)13(14,15)16/h2-5,10H,1H3,(H,19,20)(H2,17,18,21). The summed E-state index contributed by atoms with van der Waals surface area (Å²) in [6.07, 6.45) is -4.65. The largest absolute Gasteiger partial charge is 0.478 e. The smallest absolute Gasteiger partial charge is 0.416 e. The van der Waals surface area contributed by atoms with Gasteiger partial charge in [0.05, 0.1) is 17.2 Å². The van der Waals surface area contributed by atoms with E-state index in [0.29, 0.717) is 0 Å². The van der Waals surface area contributed by atoms with Crippen LogP contribution in [0.5, 0.6) is 0 Å². The van der Waals surface area contributed by atoms with Crippen LogP contribution in [0, 0.1) is 0 Å². The molecular weight excluding hydrogens is 289 g/mol. The molecule has 0 radical (unpaired) electrons. The monoisotopic (exact) mass is 300 g/mol. The third-order valence-corrected chi connectivity index (χ3v) is 3.08. The zero-order valence-corrected chi connectivity index (χ0v) is 10.8. The van der Waals surface area contributed by atoms with Gasteiger partial charge in [0, 0.05) is 5.70 Å². The third kappa shape index (κ3) is 2.83. The minimum absolute atomic E-state index is 0.00762. The van der Waals surface area contributed by atoms with Crippen LogP contribution in [-0.2, 0) is 11.0 Å². The summed E-state index contributed by atoms with van der Waals surface area (Å²) < 4.78 is 39.1. The van der Waals surface area contributed by atoms with Gasteiger partial charge in [-0.15, -0.1) is 0 Å². The molecule has 1 atom stereocenters. The number of hydrogen-bond donors (Lipinski definition) is 3. The number of benzene rings is 1. The molecule has 1 unspecified atom stereocenters. The molecular formula is C13H11F3N2O3. The Bertz CT molecular complexity index is 638. The molecule has 1 aliphatic rings. The highest BCUT2D eigenvalue weighted by Crippen LogP contribution is 2.37. The van der Waals surface area contributed by atoms with E-state index in [1.165, 1.54) is 19.1 Å². The summed E-state index contributed by atoms with van der Waals surface area (Å²) in [5, 5.41) is 13.6. The van der Waals surface area contributed by atoms with Gasteiger partial charge in [-0.2, -0.15) is 13.2 Å². The number of hydrogen-bond acceptors (Lipinski definition) is 2. The number of alkyl halides is 3. The summed E-state index contributed by atoms with van der Waals surface area (Å²) in [7, 11) is 0. The summed E-state index contributed by atoms with van der Waals surface area (Å²) in [5.41, 5.74) is -1.61. The first-order chi connectivity index (χ1) is 9.71. The van der Waals surface area contributed by atoms with E-state index in [0.717, 1.165) is 12.1 Å². The van der Waals surface area contributed by atoms with Gasteiger partial charge < -0.3 is 15.7 Å². The number of carboxylic acid groups (broad SMARTS) is 1. The average Bonchev–Trinajstić information content (AvgIpc) is 2.36. The lowest BCUT2D eigenvalue weighted by molar-refractivity contribution is -0.139. The first kappa shape index (κ1) is 14.9. The second-order valence-electron chi connectivity index (χ2n) is 4.46. The Morgan fingerprint density at radius 3 is 2.48 bits per heavy atom. The van der Waals surface area contributed by atoms with Crippen LogP contribution >= 0.6 is 0 Å². The molecule has 1 aliphatic heterocycles. The Balaban J connectivity index is 2.62. The summed E-state index contributed by atoms with van der Waals surface area (Å²) >= 11 is 0. The van der Waals surface area contributed by atoms with E-state index in [2.05, 4.69) is 10.6 Å². The van der Waals surface area contributed by atoms with Gasteiger partial charge in [0.15, 0.2) is 0 Å². The summed E-state index contributed by atoms with van der Waals surface area (Å²) in [6, 6.07) is 2.43. The lowest BCUT2D eigenvalue weighted by Gasteiger charge is -2.28. The molecule has 1 aromatic rings. The van der Waals surface area contributed by atoms with Crippen molar-refractivity contribution in [1.82, 2.24) is 10.6 Å². The number of halogens is 3. The van der Waals surface area contributed by atoms with Crippen molar-refractivity contribution < 1.29 is 27.9 Å². The lowest BCUT2D eigenvalue weighted by Crippen LogP contribution is -2.45. The molecule has 0 spiro atoms. The molecule has 21 heavy (non-hydrogen) atoms. The van der Waals surface area contributed by atoms with E-state index in [-0.39, 0.29) is 16.8 Å². The van der Waals surface area contributed by atoms with Gasteiger partial charge in [-0.05, 0) is 18.6 Å². The maximum absolute atomic E-state index is 13.0. The molecule has 112 valence electrons. The molecule has 2 rings (SSSR count). The molecule has 0 bridgehead atoms. The van der Waals surface area contributed by atoms with E-state index in [9.17, 15) is 27.9 Å². The van der Waals surface area contributed by atoms with Crippen molar-refractivity contribution in [3.8, 4) is 0 Å². The molecule has 5 nitrogen and oxygen atoms in total. The number of carboxylic acids is 1. The highest BCUT2D eigenvalue weighted by atomic mass is 19.4. The Labute approximate surface area is 117 Å². The van der Waals surface area contributed by atoms with E-state index in [1.807, 2.05) is 0 Å². The van der Waals surface area contributed by atoms with Crippen LogP contribution in [0.25, 0.3) is 0 Å². The summed E-state index contributed by atoms with van der Waals surface area (Å²) in [5.74, 6) is -1.40. The minimum Gasteiger partial charge on any atom is -0.478 e. The zero-order valence-electron chi connectivity index (χ0n) is 10.8. The lowest BCUT2D eigenvalue weighted by atomic mass is 9.92. The second kappa shape index (κ2) is 5.12. The predicted molar refractivity (Wildman–Crippen MR) is 66.2 cm³/mol. The predicted octanol–water partition coefficient (Wildman–Crippen LogP) is 2.42. The van der Waals surface area contributed by atoms with Gasteiger partial charge in [0.1, 0.15) is 0 Å². The minimum atomic E-state index is -4.65. The molecule has 3 N–H and O–H groups in total. The number of aliphatic carboxylic acids is 1. The van der Waals surface area contributed by atoms with Crippen LogP contribution in [0.3, 0.4) is 0 Å². The van der Waals surface area contributed by atoms with E-state index in [4.69, 9.17) is 0 Å². The fraction of sp³-hybridized carbons (Fsp3) is 0.231. The Morgan fingerprint density at radius 1 is 1.29 bits per heavy atom. The Hall–Kier alpha value is -2.51. The van der Waals surface area contributed by atoms with Crippen LogP contribution < -0.4 is 10.6 Å². The normalized spacial score (nSPS) is 19.0. The van der Waals surface area contributed by atoms with Crippen LogP contribution in [0.4, 0.5) is 18.0 Å². The van der Waals surface area contributed by atoms with Crippen molar-refractivity contribution in [3.05, 3.63) is 46.7 Å². The van der Waals surface area contributed by atoms with Gasteiger partial charge in [-0.3, -0.25) is 0 Å². The van der Waals surface area contributed by atoms with Gasteiger partial charge in [0.25, 0.3) is 0 Å². The maximum atomic E-state index is 13.0. The van der Waals surface area contributed by atoms with Crippen LogP contribution in [-0.4, -0.2) is 17.1 Å². The first-order valence-electron chi connectivity index (χ1n) is 5.89. The molecule has 0 aromatic heterocycles. The van der Waals surface area contributed by atoms with Crippen LogP contribution in [0.2, 0.25) is 0 Å². The van der Waals surface area contributed by atoms with Crippen molar-refractivity contribution in [2.45, 2.75) is 19.1 Å². The topological polar surface area (TPSA) is 78.4 Å². The fourth-order valence-electron chi connectivity index (χ4n) is 2.22. The van der Waals surface area contributed by atoms with Gasteiger partial charge in [0.2, 0.25) is 0 Å². The number of nitrogens with one attached hydrogen (secondary N) is 2. The van der Waals surface area contributed by atoms with Crippen molar-refractivity contribution >= 4 is 12.0 Å². The molecule has 0 saturated heterocycles. The number of rotatable bonds is 2. The van der Waals surface area contributed by atoms with Crippen molar-refractivity contribution in [3.63, 3.8) is 0 Å². The fourth-order valence-corrected chi connectivity index (χ4v) is 2.22. The average molecular weight is 300 g/mol. The molecule has 0 aliphatic carbocycles. The molecule has 0 saturated carbocycles. The Kier molecular flexibility index (Phi) is 3.63. The van der Waals surface area contributed by atoms with Gasteiger partial charge in [-0.1, -0.05) is 18.2 Å². The first-order valence-corrected chi connectivity index (χ1v) is 5.89. The third-order valence-electron chi connectivity index (χ3n) is 3.08. The van der Waals surface area contributed by atoms with Crippen molar-refractivity contribution in [1.29, 1.82) is 0 Å². The highest BCUT2D eigenvalue weighted by Gasteiger charge is 2.39. The summed E-state index contributed by atoms with van der Waals surface area (Å²) in [6.45, 7) is 1.32.